The fraction of sp³-hybridized carbons (Fsp3) is 0.346. The number of ether oxygens (including phenoxy) is 1. The van der Waals surface area contributed by atoms with E-state index in [-0.39, 0.29) is 11.8 Å². The predicted molar refractivity (Wildman–Crippen MR) is 136 cm³/mol. The summed E-state index contributed by atoms with van der Waals surface area (Å²) in [4.78, 5) is 34.0. The molecule has 1 saturated heterocycles. The minimum absolute atomic E-state index is 0.0309. The number of hydrogen-bond acceptors (Lipinski definition) is 6. The van der Waals surface area contributed by atoms with E-state index in [1.54, 1.807) is 0 Å². The zero-order valence-electron chi connectivity index (χ0n) is 19.8. The van der Waals surface area contributed by atoms with Crippen molar-refractivity contribution in [1.82, 2.24) is 14.8 Å². The minimum atomic E-state index is -0.0620. The molecule has 2 amide bonds. The van der Waals surface area contributed by atoms with Gasteiger partial charge < -0.3 is 15.0 Å². The van der Waals surface area contributed by atoms with Crippen molar-refractivity contribution in [3.63, 3.8) is 0 Å². The number of aromatic nitrogens is 1. The number of carbonyl (C=O) groups excluding carboxylic acids is 2. The van der Waals surface area contributed by atoms with Gasteiger partial charge in [-0.15, -0.1) is 11.3 Å². The van der Waals surface area contributed by atoms with Crippen LogP contribution in [0.25, 0.3) is 10.6 Å². The van der Waals surface area contributed by atoms with Gasteiger partial charge >= 0.3 is 0 Å². The zero-order valence-corrected chi connectivity index (χ0v) is 20.7. The molecule has 2 aromatic carbocycles. The Bertz CT molecular complexity index is 1130. The van der Waals surface area contributed by atoms with Crippen molar-refractivity contribution in [2.75, 3.05) is 44.6 Å². The molecule has 0 unspecified atom stereocenters. The molecule has 0 aliphatic carbocycles. The minimum Gasteiger partial charge on any atom is -0.494 e. The van der Waals surface area contributed by atoms with Crippen molar-refractivity contribution in [2.24, 2.45) is 0 Å². The highest BCUT2D eigenvalue weighted by atomic mass is 32.1. The van der Waals surface area contributed by atoms with Crippen LogP contribution < -0.4 is 10.1 Å². The average Bonchev–Trinajstić information content (AvgIpc) is 3.33. The third-order valence-electron chi connectivity index (χ3n) is 5.91. The number of para-hydroxylation sites is 1. The lowest BCUT2D eigenvalue weighted by atomic mass is 10.1. The monoisotopic (exact) mass is 478 g/mol. The molecule has 0 spiro atoms. The highest BCUT2D eigenvalue weighted by molar-refractivity contribution is 7.13. The predicted octanol–water partition coefficient (Wildman–Crippen LogP) is 4.22. The van der Waals surface area contributed by atoms with Crippen LogP contribution in [0.2, 0.25) is 0 Å². The van der Waals surface area contributed by atoms with Gasteiger partial charge in [-0.2, -0.15) is 0 Å². The molecule has 3 aromatic rings. The Morgan fingerprint density at radius 1 is 1.03 bits per heavy atom. The molecule has 0 saturated carbocycles. The Labute approximate surface area is 204 Å². The van der Waals surface area contributed by atoms with Gasteiger partial charge in [-0.25, -0.2) is 4.98 Å². The number of nitrogens with one attached hydrogen (secondary N) is 1. The summed E-state index contributed by atoms with van der Waals surface area (Å²) in [6.07, 6.45) is 0. The van der Waals surface area contributed by atoms with Gasteiger partial charge in [-0.1, -0.05) is 18.2 Å². The van der Waals surface area contributed by atoms with Gasteiger partial charge in [0.2, 0.25) is 5.91 Å². The topological polar surface area (TPSA) is 74.8 Å². The van der Waals surface area contributed by atoms with Crippen molar-refractivity contribution < 1.29 is 14.3 Å². The highest BCUT2D eigenvalue weighted by Crippen LogP contribution is 2.26. The molecule has 178 valence electrons. The van der Waals surface area contributed by atoms with Gasteiger partial charge in [0.25, 0.3) is 5.91 Å². The first kappa shape index (κ1) is 23.9. The summed E-state index contributed by atoms with van der Waals surface area (Å²) in [5, 5.41) is 5.67. The van der Waals surface area contributed by atoms with Crippen LogP contribution in [-0.4, -0.2) is 65.9 Å². The normalized spacial score (nSPS) is 14.1. The van der Waals surface area contributed by atoms with Gasteiger partial charge in [0.15, 0.2) is 0 Å². The fourth-order valence-electron chi connectivity index (χ4n) is 4.03. The van der Waals surface area contributed by atoms with Gasteiger partial charge in [-0.3, -0.25) is 14.5 Å². The van der Waals surface area contributed by atoms with Gasteiger partial charge in [0, 0.05) is 42.8 Å². The number of aryl methyl sites for hydroxylation is 2. The Morgan fingerprint density at radius 2 is 1.71 bits per heavy atom. The quantitative estimate of drug-likeness (QED) is 0.550. The first-order valence-electron chi connectivity index (χ1n) is 11.5. The maximum atomic E-state index is 13.0. The third-order valence-corrected chi connectivity index (χ3v) is 6.80. The van der Waals surface area contributed by atoms with Gasteiger partial charge in [-0.05, 0) is 56.2 Å². The number of rotatable bonds is 7. The zero-order chi connectivity index (χ0) is 24.1. The number of piperazine rings is 1. The van der Waals surface area contributed by atoms with E-state index in [4.69, 9.17) is 4.74 Å². The van der Waals surface area contributed by atoms with E-state index in [2.05, 4.69) is 15.2 Å². The van der Waals surface area contributed by atoms with Gasteiger partial charge in [0.1, 0.15) is 16.5 Å². The van der Waals surface area contributed by atoms with Crippen LogP contribution in [0, 0.1) is 13.8 Å². The summed E-state index contributed by atoms with van der Waals surface area (Å²) in [6.45, 7) is 9.33. The van der Waals surface area contributed by atoms with E-state index < -0.39 is 0 Å². The molecule has 1 fully saturated rings. The van der Waals surface area contributed by atoms with Crippen LogP contribution in [0.1, 0.15) is 28.5 Å². The van der Waals surface area contributed by atoms with Crippen LogP contribution >= 0.6 is 11.3 Å². The fourth-order valence-corrected chi connectivity index (χ4v) is 4.83. The van der Waals surface area contributed by atoms with E-state index in [1.807, 2.05) is 73.5 Å². The second kappa shape index (κ2) is 10.8. The Kier molecular flexibility index (Phi) is 7.59. The number of amides is 2. The second-order valence-corrected chi connectivity index (χ2v) is 9.24. The first-order valence-corrected chi connectivity index (χ1v) is 12.4. The van der Waals surface area contributed by atoms with Crippen LogP contribution in [0.4, 0.5) is 5.69 Å². The summed E-state index contributed by atoms with van der Waals surface area (Å²) in [5.41, 5.74) is 4.42. The van der Waals surface area contributed by atoms with Crippen molar-refractivity contribution in [1.29, 1.82) is 0 Å². The Hall–Kier alpha value is -3.23. The lowest BCUT2D eigenvalue weighted by molar-refractivity contribution is -0.117. The molecule has 34 heavy (non-hydrogen) atoms. The van der Waals surface area contributed by atoms with Crippen molar-refractivity contribution in [2.45, 2.75) is 20.8 Å². The second-order valence-electron chi connectivity index (χ2n) is 8.38. The highest BCUT2D eigenvalue weighted by Gasteiger charge is 2.25. The number of benzene rings is 2. The van der Waals surface area contributed by atoms with E-state index in [1.165, 1.54) is 11.3 Å². The number of anilines is 1. The standard InChI is InChI=1S/C26H30N4O3S/c1-4-33-21-10-8-20(9-11-21)25-27-22(17-34-25)26(32)30-14-12-29(13-15-30)16-23(31)28-24-18(2)6-5-7-19(24)3/h5-11,17H,4,12-16H2,1-3H3,(H,28,31). The van der Waals surface area contributed by atoms with E-state index in [0.29, 0.717) is 45.0 Å². The number of hydrogen-bond donors (Lipinski definition) is 1. The molecule has 1 aromatic heterocycles. The molecule has 0 bridgehead atoms. The van der Waals surface area contributed by atoms with Gasteiger partial charge in [0.05, 0.1) is 13.2 Å². The molecule has 4 rings (SSSR count). The van der Waals surface area contributed by atoms with Crippen molar-refractivity contribution >= 4 is 28.8 Å². The molecular weight excluding hydrogens is 448 g/mol. The number of thiazole rings is 1. The molecule has 1 aliphatic rings. The SMILES string of the molecule is CCOc1ccc(-c2nc(C(=O)N3CCN(CC(=O)Nc4c(C)cccc4C)CC3)cs2)cc1. The molecule has 1 N–H and O–H groups in total. The van der Waals surface area contributed by atoms with Crippen LogP contribution in [0.3, 0.4) is 0 Å². The maximum Gasteiger partial charge on any atom is 0.273 e. The van der Waals surface area contributed by atoms with E-state index in [9.17, 15) is 9.59 Å². The Balaban J connectivity index is 1.29. The summed E-state index contributed by atoms with van der Waals surface area (Å²) in [6, 6.07) is 13.7. The van der Waals surface area contributed by atoms with Crippen molar-refractivity contribution in [3.8, 4) is 16.3 Å². The Morgan fingerprint density at radius 3 is 2.35 bits per heavy atom. The van der Waals surface area contributed by atoms with E-state index in [0.717, 1.165) is 33.1 Å². The smallest absolute Gasteiger partial charge is 0.273 e. The van der Waals surface area contributed by atoms with Crippen LogP contribution in [0.15, 0.2) is 47.8 Å². The summed E-state index contributed by atoms with van der Waals surface area (Å²) in [7, 11) is 0. The van der Waals surface area contributed by atoms with Crippen LogP contribution in [-0.2, 0) is 4.79 Å². The molecule has 8 heteroatoms. The largest absolute Gasteiger partial charge is 0.494 e. The number of carbonyl (C=O) groups is 2. The lowest BCUT2D eigenvalue weighted by Gasteiger charge is -2.34. The third kappa shape index (κ3) is 5.63. The molecule has 1 aliphatic heterocycles. The molecular formula is C26H30N4O3S. The average molecular weight is 479 g/mol. The van der Waals surface area contributed by atoms with Crippen molar-refractivity contribution in [3.05, 3.63) is 64.7 Å². The first-order chi connectivity index (χ1) is 16.4. The van der Waals surface area contributed by atoms with E-state index >= 15 is 0 Å². The molecule has 0 atom stereocenters. The van der Waals surface area contributed by atoms with Crippen LogP contribution in [0.5, 0.6) is 5.75 Å². The summed E-state index contributed by atoms with van der Waals surface area (Å²) in [5.74, 6) is 0.726. The molecule has 2 heterocycles. The summed E-state index contributed by atoms with van der Waals surface area (Å²) < 4.78 is 5.49. The summed E-state index contributed by atoms with van der Waals surface area (Å²) >= 11 is 1.46. The molecule has 7 nitrogen and oxygen atoms in total. The maximum absolute atomic E-state index is 13.0. The molecule has 0 radical (unpaired) electrons. The number of nitrogens with zero attached hydrogens (tertiary/aromatic N) is 3. The lowest BCUT2D eigenvalue weighted by Crippen LogP contribution is -2.50.